The molecule has 57 heavy (non-hydrogen) atoms. The third kappa shape index (κ3) is 29.5. The molecule has 9 heteroatoms. The van der Waals surface area contributed by atoms with Gasteiger partial charge in [-0.15, -0.1) is 0 Å². The van der Waals surface area contributed by atoms with Crippen molar-refractivity contribution in [2.75, 3.05) is 13.2 Å². The highest BCUT2D eigenvalue weighted by atomic mass is 16.7. The maximum absolute atomic E-state index is 13.0. The summed E-state index contributed by atoms with van der Waals surface area (Å²) in [6.07, 6.45) is 39.3. The number of nitrogens with one attached hydrogen (secondary N) is 1. The summed E-state index contributed by atoms with van der Waals surface area (Å²) in [5.74, 6) is -0.177. The Morgan fingerprint density at radius 1 is 0.579 bits per heavy atom. The van der Waals surface area contributed by atoms with E-state index in [1.165, 1.54) is 161 Å². The van der Waals surface area contributed by atoms with E-state index in [1.807, 2.05) is 6.08 Å². The molecule has 0 spiro atoms. The Morgan fingerprint density at radius 3 is 1.42 bits per heavy atom. The van der Waals surface area contributed by atoms with Gasteiger partial charge < -0.3 is 40.3 Å². The van der Waals surface area contributed by atoms with Crippen LogP contribution in [-0.4, -0.2) is 87.5 Å². The molecular weight excluding hydrogens is 719 g/mol. The molecule has 1 fully saturated rings. The van der Waals surface area contributed by atoms with Gasteiger partial charge in [0.15, 0.2) is 6.29 Å². The summed E-state index contributed by atoms with van der Waals surface area (Å²) in [6.45, 7) is 3.77. The average molecular weight is 810 g/mol. The molecule has 1 aliphatic rings. The van der Waals surface area contributed by atoms with Crippen molar-refractivity contribution >= 4 is 5.91 Å². The first kappa shape index (κ1) is 53.7. The number of amides is 1. The predicted octanol–water partition coefficient (Wildman–Crippen LogP) is 10.3. The van der Waals surface area contributed by atoms with E-state index in [1.54, 1.807) is 6.08 Å². The largest absolute Gasteiger partial charge is 0.394 e. The van der Waals surface area contributed by atoms with Crippen molar-refractivity contribution in [3.63, 3.8) is 0 Å². The summed E-state index contributed by atoms with van der Waals surface area (Å²) in [4.78, 5) is 13.0. The predicted molar refractivity (Wildman–Crippen MR) is 235 cm³/mol. The molecule has 1 rings (SSSR count). The third-order valence-electron chi connectivity index (χ3n) is 11.5. The van der Waals surface area contributed by atoms with E-state index >= 15 is 0 Å². The summed E-state index contributed by atoms with van der Waals surface area (Å²) < 4.78 is 11.2. The lowest BCUT2D eigenvalue weighted by Gasteiger charge is -2.40. The van der Waals surface area contributed by atoms with Crippen LogP contribution in [0.5, 0.6) is 0 Å². The molecule has 1 heterocycles. The van der Waals surface area contributed by atoms with Gasteiger partial charge in [-0.25, -0.2) is 0 Å². The second kappa shape index (κ2) is 38.8. The zero-order valence-electron chi connectivity index (χ0n) is 36.9. The number of carbonyl (C=O) groups excluding carboxylic acids is 1. The number of unbranched alkanes of at least 4 members (excludes halogenated alkanes) is 28. The first-order chi connectivity index (χ1) is 27.8. The number of carbonyl (C=O) groups is 1. The smallest absolute Gasteiger partial charge is 0.220 e. The van der Waals surface area contributed by atoms with Crippen LogP contribution in [0, 0.1) is 0 Å². The van der Waals surface area contributed by atoms with Crippen LogP contribution in [0.15, 0.2) is 24.3 Å². The lowest BCUT2D eigenvalue weighted by molar-refractivity contribution is -0.302. The minimum absolute atomic E-state index is 0.177. The molecule has 3 unspecified atom stereocenters. The number of ether oxygens (including phenoxy) is 2. The van der Waals surface area contributed by atoms with Crippen molar-refractivity contribution in [2.45, 2.75) is 262 Å². The first-order valence-electron chi connectivity index (χ1n) is 24.1. The molecule has 1 saturated heterocycles. The number of allylic oxidation sites excluding steroid dienone is 3. The summed E-state index contributed by atoms with van der Waals surface area (Å²) in [5, 5.41) is 54.2. The molecule has 6 N–H and O–H groups in total. The van der Waals surface area contributed by atoms with Crippen molar-refractivity contribution in [3.05, 3.63) is 24.3 Å². The highest BCUT2D eigenvalue weighted by Gasteiger charge is 2.44. The SMILES string of the molecule is CCCCCCCC/C=C\CCCCCCCCCCCCCC(=O)N[C@@H](CO[C@H]1OC(CO)C(O)[C@H](O)C1O)[C@H](O)/C=C/CCCCCCCCCCCCC. The fraction of sp³-hybridized carbons (Fsp3) is 0.896. The molecule has 1 amide bonds. The van der Waals surface area contributed by atoms with E-state index in [2.05, 4.69) is 31.3 Å². The van der Waals surface area contributed by atoms with Crippen LogP contribution in [0.1, 0.15) is 219 Å². The molecule has 336 valence electrons. The van der Waals surface area contributed by atoms with Crippen LogP contribution in [0.2, 0.25) is 0 Å². The van der Waals surface area contributed by atoms with Crippen molar-refractivity contribution in [3.8, 4) is 0 Å². The van der Waals surface area contributed by atoms with Crippen molar-refractivity contribution in [1.29, 1.82) is 0 Å². The van der Waals surface area contributed by atoms with E-state index in [-0.39, 0.29) is 12.5 Å². The third-order valence-corrected chi connectivity index (χ3v) is 11.5. The van der Waals surface area contributed by atoms with Gasteiger partial charge in [0.2, 0.25) is 5.91 Å². The van der Waals surface area contributed by atoms with Crippen LogP contribution >= 0.6 is 0 Å². The number of aliphatic hydroxyl groups is 5. The fourth-order valence-electron chi connectivity index (χ4n) is 7.62. The zero-order chi connectivity index (χ0) is 41.6. The standard InChI is InChI=1S/C48H91NO8/c1-3-5-7-9-11-13-15-17-18-19-20-21-22-23-24-26-28-30-32-34-36-38-44(52)49-41(40-56-48-47(55)46(54)45(53)43(39-50)57-48)42(51)37-35-33-31-29-27-25-16-14-12-10-8-6-4-2/h17-18,35,37,41-43,45-48,50-51,53-55H,3-16,19-34,36,38-40H2,1-2H3,(H,49,52)/b18-17-,37-35+/t41-,42+,43?,45?,46-,47?,48-/m0/s1. The monoisotopic (exact) mass is 810 g/mol. The lowest BCUT2D eigenvalue weighted by Crippen LogP contribution is -2.60. The molecule has 0 aromatic rings. The van der Waals surface area contributed by atoms with Crippen molar-refractivity contribution < 1.29 is 39.8 Å². The molecule has 0 aromatic carbocycles. The van der Waals surface area contributed by atoms with E-state index in [0.29, 0.717) is 6.42 Å². The quantitative estimate of drug-likeness (QED) is 0.0265. The van der Waals surface area contributed by atoms with Gasteiger partial charge in [-0.05, 0) is 44.9 Å². The van der Waals surface area contributed by atoms with Gasteiger partial charge in [0, 0.05) is 6.42 Å². The highest BCUT2D eigenvalue weighted by Crippen LogP contribution is 2.23. The molecule has 1 aliphatic heterocycles. The molecule has 0 radical (unpaired) electrons. The highest BCUT2D eigenvalue weighted by molar-refractivity contribution is 5.76. The van der Waals surface area contributed by atoms with Gasteiger partial charge in [0.1, 0.15) is 24.4 Å². The number of aliphatic hydroxyl groups excluding tert-OH is 5. The zero-order valence-corrected chi connectivity index (χ0v) is 36.9. The Bertz CT molecular complexity index is 945. The second-order valence-corrected chi connectivity index (χ2v) is 16.9. The molecule has 9 nitrogen and oxygen atoms in total. The Morgan fingerprint density at radius 2 is 0.982 bits per heavy atom. The van der Waals surface area contributed by atoms with Crippen molar-refractivity contribution in [1.82, 2.24) is 5.32 Å². The normalized spacial score (nSPS) is 21.1. The van der Waals surface area contributed by atoms with Crippen LogP contribution in [0.25, 0.3) is 0 Å². The van der Waals surface area contributed by atoms with Gasteiger partial charge in [-0.3, -0.25) is 4.79 Å². The topological polar surface area (TPSA) is 149 Å². The second-order valence-electron chi connectivity index (χ2n) is 16.9. The number of rotatable bonds is 40. The van der Waals surface area contributed by atoms with E-state index in [4.69, 9.17) is 9.47 Å². The van der Waals surface area contributed by atoms with Gasteiger partial charge >= 0.3 is 0 Å². The minimum atomic E-state index is -1.56. The summed E-state index contributed by atoms with van der Waals surface area (Å²) in [6, 6.07) is -0.801. The maximum atomic E-state index is 13.0. The summed E-state index contributed by atoms with van der Waals surface area (Å²) >= 11 is 0. The van der Waals surface area contributed by atoms with E-state index in [0.717, 1.165) is 38.5 Å². The molecular formula is C48H91NO8. The van der Waals surface area contributed by atoms with Crippen molar-refractivity contribution in [2.24, 2.45) is 0 Å². The average Bonchev–Trinajstić information content (AvgIpc) is 3.21. The molecule has 0 bridgehead atoms. The van der Waals surface area contributed by atoms with Gasteiger partial charge in [0.05, 0.1) is 25.4 Å². The van der Waals surface area contributed by atoms with Gasteiger partial charge in [-0.1, -0.05) is 192 Å². The lowest BCUT2D eigenvalue weighted by atomic mass is 9.99. The van der Waals surface area contributed by atoms with Crippen LogP contribution in [0.3, 0.4) is 0 Å². The van der Waals surface area contributed by atoms with E-state index < -0.39 is 49.5 Å². The molecule has 7 atom stereocenters. The molecule has 0 saturated carbocycles. The van der Waals surface area contributed by atoms with Gasteiger partial charge in [-0.2, -0.15) is 0 Å². The molecule has 0 aliphatic carbocycles. The number of hydrogen-bond donors (Lipinski definition) is 6. The van der Waals surface area contributed by atoms with Crippen LogP contribution in [0.4, 0.5) is 0 Å². The van der Waals surface area contributed by atoms with Crippen LogP contribution in [-0.2, 0) is 14.3 Å². The summed E-state index contributed by atoms with van der Waals surface area (Å²) in [7, 11) is 0. The Labute approximate surface area is 349 Å². The minimum Gasteiger partial charge on any atom is -0.394 e. The number of hydrogen-bond acceptors (Lipinski definition) is 8. The molecule has 0 aromatic heterocycles. The Balaban J connectivity index is 2.29. The maximum Gasteiger partial charge on any atom is 0.220 e. The summed E-state index contributed by atoms with van der Waals surface area (Å²) in [5.41, 5.74) is 0. The fourth-order valence-corrected chi connectivity index (χ4v) is 7.62. The Kier molecular flexibility index (Phi) is 36.6. The van der Waals surface area contributed by atoms with Crippen LogP contribution < -0.4 is 5.32 Å². The van der Waals surface area contributed by atoms with Gasteiger partial charge in [0.25, 0.3) is 0 Å². The van der Waals surface area contributed by atoms with E-state index in [9.17, 15) is 30.3 Å². The Hall–Kier alpha value is -1.33. The first-order valence-corrected chi connectivity index (χ1v) is 24.1.